The van der Waals surface area contributed by atoms with Crippen LogP contribution in [-0.4, -0.2) is 60.5 Å². The van der Waals surface area contributed by atoms with E-state index in [1.165, 1.54) is 16.4 Å². The molecule has 3 heterocycles. The summed E-state index contributed by atoms with van der Waals surface area (Å²) in [5.41, 5.74) is 2.78. The van der Waals surface area contributed by atoms with Gasteiger partial charge >= 0.3 is 0 Å². The highest BCUT2D eigenvalue weighted by Gasteiger charge is 2.31. The summed E-state index contributed by atoms with van der Waals surface area (Å²) < 4.78 is 39.2. The molecule has 0 unspecified atom stereocenters. The average Bonchev–Trinajstić information content (AvgIpc) is 2.83. The summed E-state index contributed by atoms with van der Waals surface area (Å²) in [6, 6.07) is 10.1. The second kappa shape index (κ2) is 8.91. The third-order valence-electron chi connectivity index (χ3n) is 6.14. The molecule has 1 fully saturated rings. The van der Waals surface area contributed by atoms with Crippen LogP contribution in [-0.2, 0) is 27.9 Å². The van der Waals surface area contributed by atoms with E-state index >= 15 is 0 Å². The lowest BCUT2D eigenvalue weighted by molar-refractivity contribution is -0.385. The minimum atomic E-state index is -3.72. The molecular formula is C23H24N4O6S. The Balaban J connectivity index is 1.34. The third-order valence-corrected chi connectivity index (χ3v) is 8.07. The summed E-state index contributed by atoms with van der Waals surface area (Å²) in [7, 11) is -3.72. The zero-order chi connectivity index (χ0) is 23.9. The number of non-ortho nitro benzene ring substituents is 1. The molecule has 0 aliphatic carbocycles. The van der Waals surface area contributed by atoms with Crippen molar-refractivity contribution in [3.05, 3.63) is 69.4 Å². The molecule has 5 rings (SSSR count). The van der Waals surface area contributed by atoms with Gasteiger partial charge in [0.15, 0.2) is 6.79 Å². The highest BCUT2D eigenvalue weighted by molar-refractivity contribution is 7.89. The van der Waals surface area contributed by atoms with Gasteiger partial charge in [0, 0.05) is 67.6 Å². The first-order valence-corrected chi connectivity index (χ1v) is 12.4. The van der Waals surface area contributed by atoms with Crippen LogP contribution in [0.3, 0.4) is 0 Å². The summed E-state index contributed by atoms with van der Waals surface area (Å²) >= 11 is 0. The van der Waals surface area contributed by atoms with Crippen LogP contribution >= 0.6 is 0 Å². The fourth-order valence-electron chi connectivity index (χ4n) is 4.46. The number of nitro benzene ring substituents is 1. The zero-order valence-corrected chi connectivity index (χ0v) is 19.5. The monoisotopic (exact) mass is 484 g/mol. The van der Waals surface area contributed by atoms with E-state index in [2.05, 4.69) is 9.88 Å². The highest BCUT2D eigenvalue weighted by atomic mass is 32.2. The standard InChI is InChI=1S/C23H24N4O6S/c1-16-9-17-3-2-4-21(22(17)24-12-16)34(30,31)26-7-5-25(6-8-26)13-18-10-20(27(28)29)11-19-14-32-15-33-23(18)19/h2-4,9-12H,5-8,13-15H2,1H3. The molecule has 0 radical (unpaired) electrons. The number of para-hydroxylation sites is 1. The first-order valence-electron chi connectivity index (χ1n) is 10.9. The maximum Gasteiger partial charge on any atom is 0.270 e. The predicted octanol–water partition coefficient (Wildman–Crippen LogP) is 2.82. The van der Waals surface area contributed by atoms with Gasteiger partial charge in [-0.25, -0.2) is 8.42 Å². The number of rotatable bonds is 5. The van der Waals surface area contributed by atoms with Crippen molar-refractivity contribution in [2.45, 2.75) is 25.0 Å². The molecule has 0 amide bonds. The van der Waals surface area contributed by atoms with Crippen LogP contribution in [0, 0.1) is 17.0 Å². The van der Waals surface area contributed by atoms with E-state index in [9.17, 15) is 18.5 Å². The van der Waals surface area contributed by atoms with Gasteiger partial charge in [-0.1, -0.05) is 12.1 Å². The van der Waals surface area contributed by atoms with Gasteiger partial charge in [0.1, 0.15) is 10.6 Å². The molecule has 11 heteroatoms. The van der Waals surface area contributed by atoms with Crippen LogP contribution < -0.4 is 4.74 Å². The topological polar surface area (TPSA) is 115 Å². The molecule has 1 aromatic heterocycles. The minimum Gasteiger partial charge on any atom is -0.467 e. The molecule has 3 aromatic rings. The molecule has 0 spiro atoms. The molecule has 0 N–H and O–H groups in total. The van der Waals surface area contributed by atoms with Crippen molar-refractivity contribution in [1.82, 2.24) is 14.2 Å². The van der Waals surface area contributed by atoms with Crippen molar-refractivity contribution < 1.29 is 22.8 Å². The van der Waals surface area contributed by atoms with Crippen molar-refractivity contribution in [1.29, 1.82) is 0 Å². The average molecular weight is 485 g/mol. The van der Waals surface area contributed by atoms with E-state index in [0.717, 1.165) is 10.9 Å². The summed E-state index contributed by atoms with van der Waals surface area (Å²) in [5, 5.41) is 12.2. The van der Waals surface area contributed by atoms with Crippen LogP contribution in [0.25, 0.3) is 10.9 Å². The van der Waals surface area contributed by atoms with Crippen LogP contribution in [0.4, 0.5) is 5.69 Å². The smallest absolute Gasteiger partial charge is 0.270 e. The van der Waals surface area contributed by atoms with Gasteiger partial charge < -0.3 is 9.47 Å². The summed E-state index contributed by atoms with van der Waals surface area (Å²) in [6.45, 7) is 4.31. The summed E-state index contributed by atoms with van der Waals surface area (Å²) in [5.74, 6) is 0.615. The number of nitrogens with zero attached hydrogens (tertiary/aromatic N) is 4. The molecule has 1 saturated heterocycles. The van der Waals surface area contributed by atoms with Crippen molar-refractivity contribution in [2.24, 2.45) is 0 Å². The maximum absolute atomic E-state index is 13.4. The van der Waals surface area contributed by atoms with Crippen molar-refractivity contribution >= 4 is 26.6 Å². The molecular weight excluding hydrogens is 460 g/mol. The largest absolute Gasteiger partial charge is 0.467 e. The number of fused-ring (bicyclic) bond motifs is 2. The molecule has 10 nitrogen and oxygen atoms in total. The minimum absolute atomic E-state index is 0.0113. The second-order valence-electron chi connectivity index (χ2n) is 8.48. The molecule has 2 aliphatic rings. The lowest BCUT2D eigenvalue weighted by Gasteiger charge is -2.34. The lowest BCUT2D eigenvalue weighted by atomic mass is 10.1. The van der Waals surface area contributed by atoms with E-state index in [-0.39, 0.29) is 24.0 Å². The molecule has 34 heavy (non-hydrogen) atoms. The fourth-order valence-corrected chi connectivity index (χ4v) is 6.05. The number of sulfonamides is 1. The van der Waals surface area contributed by atoms with Gasteiger partial charge in [-0.3, -0.25) is 20.0 Å². The van der Waals surface area contributed by atoms with Crippen molar-refractivity contribution in [2.75, 3.05) is 33.0 Å². The third kappa shape index (κ3) is 4.23. The maximum atomic E-state index is 13.4. The Morgan fingerprint density at radius 1 is 1.15 bits per heavy atom. The van der Waals surface area contributed by atoms with Crippen molar-refractivity contribution in [3.63, 3.8) is 0 Å². The Kier molecular flexibility index (Phi) is 5.94. The highest BCUT2D eigenvalue weighted by Crippen LogP contribution is 2.34. The van der Waals surface area contributed by atoms with Gasteiger partial charge in [0.2, 0.25) is 10.0 Å². The van der Waals surface area contributed by atoms with E-state index in [0.29, 0.717) is 55.1 Å². The number of aromatic nitrogens is 1. The number of hydrogen-bond acceptors (Lipinski definition) is 8. The van der Waals surface area contributed by atoms with Gasteiger partial charge in [-0.05, 0) is 24.6 Å². The van der Waals surface area contributed by atoms with E-state index in [1.807, 2.05) is 19.1 Å². The number of pyridine rings is 1. The Bertz CT molecular complexity index is 1370. The van der Waals surface area contributed by atoms with Crippen LogP contribution in [0.1, 0.15) is 16.7 Å². The van der Waals surface area contributed by atoms with Crippen molar-refractivity contribution in [3.8, 4) is 5.75 Å². The first kappa shape index (κ1) is 22.7. The molecule has 178 valence electrons. The van der Waals surface area contributed by atoms with Gasteiger partial charge in [-0.15, -0.1) is 0 Å². The van der Waals surface area contributed by atoms with Gasteiger partial charge in [0.25, 0.3) is 5.69 Å². The SMILES string of the molecule is Cc1cnc2c(S(=O)(=O)N3CCN(Cc4cc([N+](=O)[O-])cc5c4OCOC5)CC3)cccc2c1. The van der Waals surface area contributed by atoms with E-state index in [4.69, 9.17) is 9.47 Å². The summed E-state index contributed by atoms with van der Waals surface area (Å²) in [6.07, 6.45) is 1.67. The van der Waals surface area contributed by atoms with E-state index in [1.54, 1.807) is 18.3 Å². The molecule has 0 atom stereocenters. The number of aryl methyl sites for hydroxylation is 1. The molecule has 0 saturated carbocycles. The Labute approximate surface area is 196 Å². The predicted molar refractivity (Wildman–Crippen MR) is 124 cm³/mol. The second-order valence-corrected chi connectivity index (χ2v) is 10.4. The molecule has 2 aromatic carbocycles. The number of ether oxygens (including phenoxy) is 2. The Morgan fingerprint density at radius 2 is 1.94 bits per heavy atom. The quantitative estimate of drug-likeness (QED) is 0.401. The van der Waals surface area contributed by atoms with Gasteiger partial charge in [-0.2, -0.15) is 4.31 Å². The van der Waals surface area contributed by atoms with E-state index < -0.39 is 14.9 Å². The molecule has 0 bridgehead atoms. The van der Waals surface area contributed by atoms with Crippen LogP contribution in [0.5, 0.6) is 5.75 Å². The van der Waals surface area contributed by atoms with Gasteiger partial charge in [0.05, 0.1) is 17.0 Å². The Hall–Kier alpha value is -3.12. The fraction of sp³-hybridized carbons (Fsp3) is 0.348. The molecule has 2 aliphatic heterocycles. The number of benzene rings is 2. The van der Waals surface area contributed by atoms with Crippen LogP contribution in [0.15, 0.2) is 47.5 Å². The Morgan fingerprint density at radius 3 is 2.71 bits per heavy atom. The lowest BCUT2D eigenvalue weighted by Crippen LogP contribution is -2.48. The normalized spacial score (nSPS) is 17.3. The zero-order valence-electron chi connectivity index (χ0n) is 18.6. The number of nitro groups is 1. The first-order chi connectivity index (χ1) is 16.3. The summed E-state index contributed by atoms with van der Waals surface area (Å²) in [4.78, 5) is 17.6. The number of piperazine rings is 1. The van der Waals surface area contributed by atoms with Crippen LogP contribution in [0.2, 0.25) is 0 Å². The number of hydrogen-bond donors (Lipinski definition) is 0.